The van der Waals surface area contributed by atoms with E-state index in [-0.39, 0.29) is 18.4 Å². The number of carboxylic acids is 1. The lowest BCUT2D eigenvalue weighted by Gasteiger charge is -2.05. The van der Waals surface area contributed by atoms with E-state index in [1.807, 2.05) is 0 Å². The first kappa shape index (κ1) is 14.8. The summed E-state index contributed by atoms with van der Waals surface area (Å²) in [7, 11) is 1.55. The molecule has 0 aliphatic carbocycles. The minimum atomic E-state index is -1.04. The second-order valence-electron chi connectivity index (χ2n) is 3.91. The van der Waals surface area contributed by atoms with E-state index in [1.165, 1.54) is 0 Å². The fourth-order valence-electron chi connectivity index (χ4n) is 1.38. The number of benzene rings is 1. The summed E-state index contributed by atoms with van der Waals surface area (Å²) >= 11 is 0. The lowest BCUT2D eigenvalue weighted by molar-refractivity contribution is -0.135. The zero-order chi connectivity index (χ0) is 14.3. The number of esters is 1. The van der Waals surface area contributed by atoms with Gasteiger partial charge in [-0.05, 0) is 37.1 Å². The second kappa shape index (κ2) is 7.20. The van der Waals surface area contributed by atoms with Crippen LogP contribution in [-0.4, -0.2) is 24.2 Å². The molecule has 0 aliphatic heterocycles. The maximum Gasteiger partial charge on any atom is 0.330 e. The molecule has 19 heavy (non-hydrogen) atoms. The number of aliphatic carboxylic acids is 1. The smallest absolute Gasteiger partial charge is 0.330 e. The molecule has 102 valence electrons. The highest BCUT2D eigenvalue weighted by molar-refractivity contribution is 5.85. The van der Waals surface area contributed by atoms with E-state index >= 15 is 0 Å². The average Bonchev–Trinajstić information content (AvgIpc) is 2.39. The Kier molecular flexibility index (Phi) is 5.60. The monoisotopic (exact) mass is 264 g/mol. The van der Waals surface area contributed by atoms with E-state index in [9.17, 15) is 9.59 Å². The number of carbonyl (C=O) groups is 2. The highest BCUT2D eigenvalue weighted by atomic mass is 16.5. The van der Waals surface area contributed by atoms with Crippen molar-refractivity contribution in [2.75, 3.05) is 7.11 Å². The Labute approximate surface area is 111 Å². The van der Waals surface area contributed by atoms with Crippen molar-refractivity contribution in [3.05, 3.63) is 36.4 Å². The van der Waals surface area contributed by atoms with E-state index in [0.717, 1.165) is 0 Å². The quantitative estimate of drug-likeness (QED) is 0.465. The maximum atomic E-state index is 11.5. The van der Waals surface area contributed by atoms with Gasteiger partial charge in [-0.15, -0.1) is 0 Å². The maximum absolute atomic E-state index is 11.5. The van der Waals surface area contributed by atoms with Crippen molar-refractivity contribution >= 4 is 11.9 Å². The molecule has 1 aromatic rings. The number of hydrogen-bond donors (Lipinski definition) is 1. The SMILES string of the molecule is C=C(CCCC(=O)Oc1ccc(OC)cc1)C(=O)O. The predicted octanol–water partition coefficient (Wildman–Crippen LogP) is 2.41. The van der Waals surface area contributed by atoms with Crippen LogP contribution in [0.4, 0.5) is 0 Å². The van der Waals surface area contributed by atoms with E-state index in [1.54, 1.807) is 31.4 Å². The van der Waals surface area contributed by atoms with Crippen molar-refractivity contribution in [2.45, 2.75) is 19.3 Å². The van der Waals surface area contributed by atoms with Crippen molar-refractivity contribution in [2.24, 2.45) is 0 Å². The van der Waals surface area contributed by atoms with Gasteiger partial charge in [-0.2, -0.15) is 0 Å². The number of methoxy groups -OCH3 is 1. The molecule has 0 fully saturated rings. The van der Waals surface area contributed by atoms with Gasteiger partial charge in [0, 0.05) is 12.0 Å². The number of ether oxygens (including phenoxy) is 2. The van der Waals surface area contributed by atoms with Gasteiger partial charge in [-0.25, -0.2) is 4.79 Å². The summed E-state index contributed by atoms with van der Waals surface area (Å²) in [6.45, 7) is 3.39. The molecule has 1 N–H and O–H groups in total. The van der Waals surface area contributed by atoms with Crippen molar-refractivity contribution in [1.82, 2.24) is 0 Å². The van der Waals surface area contributed by atoms with Crippen molar-refractivity contribution in [3.63, 3.8) is 0 Å². The zero-order valence-electron chi connectivity index (χ0n) is 10.7. The van der Waals surface area contributed by atoms with Gasteiger partial charge in [-0.3, -0.25) is 4.79 Å². The van der Waals surface area contributed by atoms with E-state index in [2.05, 4.69) is 6.58 Å². The average molecular weight is 264 g/mol. The van der Waals surface area contributed by atoms with Crippen LogP contribution in [0.3, 0.4) is 0 Å². The number of carbonyl (C=O) groups excluding carboxylic acids is 1. The first-order chi connectivity index (χ1) is 9.02. The normalized spacial score (nSPS) is 9.74. The van der Waals surface area contributed by atoms with Crippen LogP contribution in [0.15, 0.2) is 36.4 Å². The Bertz CT molecular complexity index is 461. The highest BCUT2D eigenvalue weighted by Crippen LogP contribution is 2.17. The summed E-state index contributed by atoms with van der Waals surface area (Å²) in [5, 5.41) is 8.60. The standard InChI is InChI=1S/C14H16O5/c1-10(14(16)17)4-3-5-13(15)19-12-8-6-11(18-2)7-9-12/h6-9H,1,3-5H2,2H3,(H,16,17). The van der Waals surface area contributed by atoms with Crippen LogP contribution in [-0.2, 0) is 9.59 Å². The summed E-state index contributed by atoms with van der Waals surface area (Å²) in [5.41, 5.74) is 0.0947. The van der Waals surface area contributed by atoms with Crippen LogP contribution < -0.4 is 9.47 Å². The number of rotatable bonds is 7. The molecule has 0 radical (unpaired) electrons. The van der Waals surface area contributed by atoms with Crippen molar-refractivity contribution in [3.8, 4) is 11.5 Å². The lowest BCUT2D eigenvalue weighted by Crippen LogP contribution is -2.08. The topological polar surface area (TPSA) is 72.8 Å². The van der Waals surface area contributed by atoms with Crippen LogP contribution >= 0.6 is 0 Å². The Hall–Kier alpha value is -2.30. The first-order valence-electron chi connectivity index (χ1n) is 5.78. The van der Waals surface area contributed by atoms with Crippen LogP contribution in [0.5, 0.6) is 11.5 Å². The van der Waals surface area contributed by atoms with Gasteiger partial charge >= 0.3 is 11.9 Å². The van der Waals surface area contributed by atoms with Gasteiger partial charge in [-0.1, -0.05) is 6.58 Å². The van der Waals surface area contributed by atoms with Gasteiger partial charge in [0.2, 0.25) is 0 Å². The van der Waals surface area contributed by atoms with Gasteiger partial charge < -0.3 is 14.6 Å². The largest absolute Gasteiger partial charge is 0.497 e. The van der Waals surface area contributed by atoms with Crippen molar-refractivity contribution in [1.29, 1.82) is 0 Å². The third-order valence-electron chi connectivity index (χ3n) is 2.45. The third kappa shape index (κ3) is 5.25. The molecule has 0 atom stereocenters. The molecule has 0 amide bonds. The third-order valence-corrected chi connectivity index (χ3v) is 2.45. The molecule has 0 saturated heterocycles. The molecule has 1 aromatic carbocycles. The van der Waals surface area contributed by atoms with E-state index in [4.69, 9.17) is 14.6 Å². The summed E-state index contributed by atoms with van der Waals surface area (Å²) in [4.78, 5) is 22.0. The fraction of sp³-hybridized carbons (Fsp3) is 0.286. The molecule has 0 aromatic heterocycles. The molecule has 0 aliphatic rings. The van der Waals surface area contributed by atoms with Crippen LogP contribution in [0.1, 0.15) is 19.3 Å². The number of hydrogen-bond acceptors (Lipinski definition) is 4. The summed E-state index contributed by atoms with van der Waals surface area (Å²) in [6, 6.07) is 6.64. The fourth-order valence-corrected chi connectivity index (χ4v) is 1.38. The van der Waals surface area contributed by atoms with Crippen molar-refractivity contribution < 1.29 is 24.2 Å². The highest BCUT2D eigenvalue weighted by Gasteiger charge is 2.08. The molecule has 5 heteroatoms. The molecule has 0 unspecified atom stereocenters. The van der Waals surface area contributed by atoms with E-state index in [0.29, 0.717) is 17.9 Å². The van der Waals surface area contributed by atoms with E-state index < -0.39 is 11.9 Å². The summed E-state index contributed by atoms with van der Waals surface area (Å²) in [6.07, 6.45) is 0.825. The molecule has 0 spiro atoms. The second-order valence-corrected chi connectivity index (χ2v) is 3.91. The zero-order valence-corrected chi connectivity index (χ0v) is 10.7. The molecule has 0 saturated carbocycles. The minimum Gasteiger partial charge on any atom is -0.497 e. The molecular weight excluding hydrogens is 248 g/mol. The van der Waals surface area contributed by atoms with Gasteiger partial charge in [0.05, 0.1) is 7.11 Å². The molecule has 0 heterocycles. The number of carboxylic acid groups (broad SMARTS) is 1. The minimum absolute atomic E-state index is 0.0947. The van der Waals surface area contributed by atoms with Gasteiger partial charge in [0.15, 0.2) is 0 Å². The lowest BCUT2D eigenvalue weighted by atomic mass is 10.1. The van der Waals surface area contributed by atoms with Crippen LogP contribution in [0.25, 0.3) is 0 Å². The molecule has 1 rings (SSSR count). The predicted molar refractivity (Wildman–Crippen MR) is 69.3 cm³/mol. The van der Waals surface area contributed by atoms with Gasteiger partial charge in [0.1, 0.15) is 11.5 Å². The summed E-state index contributed by atoms with van der Waals surface area (Å²) in [5.74, 6) is -0.327. The van der Waals surface area contributed by atoms with Gasteiger partial charge in [0.25, 0.3) is 0 Å². The molecule has 0 bridgehead atoms. The molecule has 5 nitrogen and oxygen atoms in total. The Morgan fingerprint density at radius 2 is 1.74 bits per heavy atom. The Morgan fingerprint density at radius 3 is 2.26 bits per heavy atom. The first-order valence-corrected chi connectivity index (χ1v) is 5.78. The Balaban J connectivity index is 2.34. The molecular formula is C14H16O5. The van der Waals surface area contributed by atoms with Crippen LogP contribution in [0.2, 0.25) is 0 Å². The van der Waals surface area contributed by atoms with Crippen LogP contribution in [0, 0.1) is 0 Å². The summed E-state index contributed by atoms with van der Waals surface area (Å²) < 4.78 is 10.1. The Morgan fingerprint density at radius 1 is 1.16 bits per heavy atom.